The highest BCUT2D eigenvalue weighted by atomic mass is 32.2. The molecule has 0 radical (unpaired) electrons. The molecule has 124 valence electrons. The Morgan fingerprint density at radius 2 is 2.00 bits per heavy atom. The molecule has 0 bridgehead atoms. The number of ether oxygens (including phenoxy) is 1. The van der Waals surface area contributed by atoms with Crippen LogP contribution in [-0.2, 0) is 14.8 Å². The van der Waals surface area contributed by atoms with Gasteiger partial charge in [0.1, 0.15) is 5.82 Å². The van der Waals surface area contributed by atoms with Crippen molar-refractivity contribution in [2.75, 3.05) is 18.9 Å². The van der Waals surface area contributed by atoms with Gasteiger partial charge in [0.05, 0.1) is 30.6 Å². The lowest BCUT2D eigenvalue weighted by Crippen LogP contribution is -2.35. The molecule has 1 aromatic rings. The standard InChI is InChI=1S/C15H22FNO4S/c1-11(2)21-7-8-22(19,20)17-10-14(18)9-15(17)12-3-5-13(16)6-4-12/h3-6,11,14-15,18H,7-10H2,1-2H3/t14-,15+/m1/s1. The second kappa shape index (κ2) is 7.04. The zero-order valence-electron chi connectivity index (χ0n) is 12.8. The van der Waals surface area contributed by atoms with Gasteiger partial charge in [-0.1, -0.05) is 12.1 Å². The minimum Gasteiger partial charge on any atom is -0.392 e. The van der Waals surface area contributed by atoms with Gasteiger partial charge in [-0.2, -0.15) is 4.31 Å². The fourth-order valence-corrected chi connectivity index (χ4v) is 4.12. The maximum Gasteiger partial charge on any atom is 0.217 e. The first-order valence-corrected chi connectivity index (χ1v) is 8.95. The predicted molar refractivity (Wildman–Crippen MR) is 81.3 cm³/mol. The molecule has 1 N–H and O–H groups in total. The first-order chi connectivity index (χ1) is 10.3. The number of β-amino-alcohol motifs (C(OH)–C–C–N with tert-alkyl or cyclic N) is 1. The summed E-state index contributed by atoms with van der Waals surface area (Å²) in [5.74, 6) is -0.502. The van der Waals surface area contributed by atoms with Crippen LogP contribution in [0.2, 0.25) is 0 Å². The van der Waals surface area contributed by atoms with E-state index < -0.39 is 22.2 Å². The largest absolute Gasteiger partial charge is 0.392 e. The van der Waals surface area contributed by atoms with E-state index in [1.54, 1.807) is 12.1 Å². The molecule has 22 heavy (non-hydrogen) atoms. The van der Waals surface area contributed by atoms with Crippen LogP contribution in [0.1, 0.15) is 31.9 Å². The molecule has 0 aliphatic carbocycles. The van der Waals surface area contributed by atoms with Crippen molar-refractivity contribution >= 4 is 10.0 Å². The summed E-state index contributed by atoms with van der Waals surface area (Å²) in [6.45, 7) is 3.86. The molecule has 0 saturated carbocycles. The van der Waals surface area contributed by atoms with Crippen molar-refractivity contribution < 1.29 is 22.7 Å². The van der Waals surface area contributed by atoms with E-state index in [4.69, 9.17) is 4.74 Å². The molecule has 1 aromatic carbocycles. The number of aliphatic hydroxyl groups excluding tert-OH is 1. The molecule has 1 aliphatic heterocycles. The Morgan fingerprint density at radius 1 is 1.36 bits per heavy atom. The van der Waals surface area contributed by atoms with Gasteiger partial charge >= 0.3 is 0 Å². The Balaban J connectivity index is 2.14. The third kappa shape index (κ3) is 4.25. The molecule has 7 heteroatoms. The number of rotatable bonds is 6. The van der Waals surface area contributed by atoms with Gasteiger partial charge in [0.25, 0.3) is 0 Å². The number of sulfonamides is 1. The van der Waals surface area contributed by atoms with Gasteiger partial charge in [-0.25, -0.2) is 12.8 Å². The minimum absolute atomic E-state index is 0.0349. The van der Waals surface area contributed by atoms with Gasteiger partial charge in [-0.3, -0.25) is 0 Å². The molecule has 1 fully saturated rings. The summed E-state index contributed by atoms with van der Waals surface area (Å²) in [4.78, 5) is 0. The smallest absolute Gasteiger partial charge is 0.217 e. The molecule has 0 amide bonds. The van der Waals surface area contributed by atoms with Gasteiger partial charge in [-0.15, -0.1) is 0 Å². The van der Waals surface area contributed by atoms with Crippen molar-refractivity contribution in [2.45, 2.75) is 38.5 Å². The highest BCUT2D eigenvalue weighted by Gasteiger charge is 2.39. The number of benzene rings is 1. The first kappa shape index (κ1) is 17.3. The second-order valence-electron chi connectivity index (χ2n) is 5.76. The van der Waals surface area contributed by atoms with E-state index >= 15 is 0 Å². The van der Waals surface area contributed by atoms with Gasteiger partial charge in [0.15, 0.2) is 0 Å². The van der Waals surface area contributed by atoms with E-state index in [0.29, 0.717) is 12.0 Å². The van der Waals surface area contributed by atoms with E-state index in [1.807, 2.05) is 13.8 Å². The van der Waals surface area contributed by atoms with Crippen LogP contribution in [0.15, 0.2) is 24.3 Å². The van der Waals surface area contributed by atoms with Crippen molar-refractivity contribution in [1.29, 1.82) is 0 Å². The van der Waals surface area contributed by atoms with E-state index in [0.717, 1.165) is 0 Å². The lowest BCUT2D eigenvalue weighted by molar-refractivity contribution is 0.0905. The van der Waals surface area contributed by atoms with Crippen LogP contribution < -0.4 is 0 Å². The highest BCUT2D eigenvalue weighted by molar-refractivity contribution is 7.89. The van der Waals surface area contributed by atoms with Gasteiger partial charge in [0.2, 0.25) is 10.0 Å². The third-order valence-electron chi connectivity index (χ3n) is 3.64. The fraction of sp³-hybridized carbons (Fsp3) is 0.600. The molecule has 0 unspecified atom stereocenters. The number of hydrogen-bond acceptors (Lipinski definition) is 4. The molecule has 1 saturated heterocycles. The second-order valence-corrected chi connectivity index (χ2v) is 7.80. The maximum atomic E-state index is 13.0. The van der Waals surface area contributed by atoms with Crippen molar-refractivity contribution in [3.63, 3.8) is 0 Å². The third-order valence-corrected chi connectivity index (χ3v) is 5.44. The molecular formula is C15H22FNO4S. The first-order valence-electron chi connectivity index (χ1n) is 7.34. The van der Waals surface area contributed by atoms with Crippen LogP contribution in [0.5, 0.6) is 0 Å². The average Bonchev–Trinajstić information content (AvgIpc) is 2.82. The number of halogens is 1. The van der Waals surface area contributed by atoms with Crippen LogP contribution >= 0.6 is 0 Å². The molecule has 1 heterocycles. The average molecular weight is 331 g/mol. The predicted octanol–water partition coefficient (Wildman–Crippen LogP) is 1.69. The van der Waals surface area contributed by atoms with Crippen LogP contribution in [0.3, 0.4) is 0 Å². The van der Waals surface area contributed by atoms with Crippen molar-refractivity contribution in [1.82, 2.24) is 4.31 Å². The normalized spacial score (nSPS) is 23.3. The lowest BCUT2D eigenvalue weighted by Gasteiger charge is -2.24. The van der Waals surface area contributed by atoms with E-state index in [1.165, 1.54) is 16.4 Å². The summed E-state index contributed by atoms with van der Waals surface area (Å²) >= 11 is 0. The van der Waals surface area contributed by atoms with Crippen LogP contribution in [-0.4, -0.2) is 48.9 Å². The van der Waals surface area contributed by atoms with Crippen LogP contribution in [0, 0.1) is 5.82 Å². The Hall–Kier alpha value is -1.02. The van der Waals surface area contributed by atoms with E-state index in [-0.39, 0.29) is 30.8 Å². The monoisotopic (exact) mass is 331 g/mol. The zero-order chi connectivity index (χ0) is 16.3. The molecular weight excluding hydrogens is 309 g/mol. The van der Waals surface area contributed by atoms with Crippen molar-refractivity contribution in [2.24, 2.45) is 0 Å². The van der Waals surface area contributed by atoms with Gasteiger partial charge < -0.3 is 9.84 Å². The lowest BCUT2D eigenvalue weighted by atomic mass is 10.0. The minimum atomic E-state index is -3.54. The molecule has 2 rings (SSSR count). The SMILES string of the molecule is CC(C)OCCS(=O)(=O)N1C[C@H](O)C[C@H]1c1ccc(F)cc1. The highest BCUT2D eigenvalue weighted by Crippen LogP contribution is 2.34. The molecule has 0 spiro atoms. The van der Waals surface area contributed by atoms with E-state index in [9.17, 15) is 17.9 Å². The summed E-state index contributed by atoms with van der Waals surface area (Å²) in [6, 6.07) is 5.26. The topological polar surface area (TPSA) is 66.8 Å². The summed E-state index contributed by atoms with van der Waals surface area (Å²) in [5, 5.41) is 9.85. The Labute approximate surface area is 130 Å². The van der Waals surface area contributed by atoms with Crippen LogP contribution in [0.25, 0.3) is 0 Å². The number of hydrogen-bond donors (Lipinski definition) is 1. The number of aliphatic hydroxyl groups is 1. The van der Waals surface area contributed by atoms with Gasteiger partial charge in [0, 0.05) is 6.54 Å². The van der Waals surface area contributed by atoms with Gasteiger partial charge in [-0.05, 0) is 38.0 Å². The van der Waals surface area contributed by atoms with Crippen molar-refractivity contribution in [3.05, 3.63) is 35.6 Å². The summed E-state index contributed by atoms with van der Waals surface area (Å²) < 4.78 is 44.6. The maximum absolute atomic E-state index is 13.0. The fourth-order valence-electron chi connectivity index (χ4n) is 2.59. The van der Waals surface area contributed by atoms with Crippen LogP contribution in [0.4, 0.5) is 4.39 Å². The summed E-state index contributed by atoms with van der Waals surface area (Å²) in [6.07, 6.45) is -0.432. The summed E-state index contributed by atoms with van der Waals surface area (Å²) in [5.41, 5.74) is 0.686. The molecule has 1 aliphatic rings. The summed E-state index contributed by atoms with van der Waals surface area (Å²) in [7, 11) is -3.54. The van der Waals surface area contributed by atoms with E-state index in [2.05, 4.69) is 0 Å². The van der Waals surface area contributed by atoms with Crippen molar-refractivity contribution in [3.8, 4) is 0 Å². The molecule has 2 atom stereocenters. The Bertz CT molecular complexity index is 588. The number of nitrogens with zero attached hydrogens (tertiary/aromatic N) is 1. The Kier molecular flexibility index (Phi) is 5.55. The molecule has 0 aromatic heterocycles. The Morgan fingerprint density at radius 3 is 2.59 bits per heavy atom. The molecule has 5 nitrogen and oxygen atoms in total. The zero-order valence-corrected chi connectivity index (χ0v) is 13.6. The quantitative estimate of drug-likeness (QED) is 0.861.